The minimum Gasteiger partial charge on any atom is -0.464 e. The van der Waals surface area contributed by atoms with E-state index < -0.39 is 12.1 Å². The van der Waals surface area contributed by atoms with Crippen LogP contribution in [0.5, 0.6) is 0 Å². The van der Waals surface area contributed by atoms with Gasteiger partial charge in [0.05, 0.1) is 12.5 Å². The van der Waals surface area contributed by atoms with Crippen molar-refractivity contribution in [3.8, 4) is 0 Å². The third-order valence-electron chi connectivity index (χ3n) is 3.87. The van der Waals surface area contributed by atoms with Crippen molar-refractivity contribution in [1.29, 1.82) is 0 Å². The average molecular weight is 306 g/mol. The Labute approximate surface area is 130 Å². The molecule has 0 bridgehead atoms. The van der Waals surface area contributed by atoms with Gasteiger partial charge >= 0.3 is 5.97 Å². The zero-order valence-corrected chi connectivity index (χ0v) is 13.0. The molecule has 1 N–H and O–H groups in total. The van der Waals surface area contributed by atoms with Crippen LogP contribution in [0, 0.1) is 5.92 Å². The summed E-state index contributed by atoms with van der Waals surface area (Å²) in [6.45, 7) is 4.20. The molecule has 1 fully saturated rings. The second-order valence-corrected chi connectivity index (χ2v) is 5.47. The van der Waals surface area contributed by atoms with Crippen LogP contribution in [-0.4, -0.2) is 47.9 Å². The largest absolute Gasteiger partial charge is 0.464 e. The van der Waals surface area contributed by atoms with Gasteiger partial charge in [0.1, 0.15) is 12.1 Å². The van der Waals surface area contributed by atoms with Gasteiger partial charge in [0.2, 0.25) is 11.8 Å². The second kappa shape index (κ2) is 7.24. The summed E-state index contributed by atoms with van der Waals surface area (Å²) in [6.07, 6.45) is 8.51. The molecule has 0 spiro atoms. The van der Waals surface area contributed by atoms with Crippen LogP contribution in [0.2, 0.25) is 0 Å². The molecule has 2 atom stereocenters. The van der Waals surface area contributed by atoms with E-state index in [1.54, 1.807) is 38.2 Å². The Kier molecular flexibility index (Phi) is 5.35. The van der Waals surface area contributed by atoms with Gasteiger partial charge in [-0.15, -0.1) is 0 Å². The quantitative estimate of drug-likeness (QED) is 0.762. The van der Waals surface area contributed by atoms with E-state index in [1.807, 2.05) is 0 Å². The first-order valence-electron chi connectivity index (χ1n) is 7.67. The fraction of sp³-hybridized carbons (Fsp3) is 0.562. The normalized spacial score (nSPS) is 21.9. The predicted octanol–water partition coefficient (Wildman–Crippen LogP) is 0.787. The Hall–Kier alpha value is -2.11. The highest BCUT2D eigenvalue weighted by molar-refractivity contribution is 5.92. The van der Waals surface area contributed by atoms with Crippen molar-refractivity contribution in [2.45, 2.75) is 38.8 Å². The zero-order chi connectivity index (χ0) is 16.1. The summed E-state index contributed by atoms with van der Waals surface area (Å²) >= 11 is 0. The van der Waals surface area contributed by atoms with Gasteiger partial charge in [0.25, 0.3) is 0 Å². The maximum atomic E-state index is 12.5. The molecule has 120 valence electrons. The van der Waals surface area contributed by atoms with Crippen molar-refractivity contribution >= 4 is 17.8 Å². The number of esters is 1. The van der Waals surface area contributed by atoms with Gasteiger partial charge < -0.3 is 15.0 Å². The van der Waals surface area contributed by atoms with Crippen LogP contribution in [0.15, 0.2) is 24.3 Å². The number of ether oxygens (including phenoxy) is 1. The molecule has 0 unspecified atom stereocenters. The molecule has 6 nitrogen and oxygen atoms in total. The maximum Gasteiger partial charge on any atom is 0.328 e. The molecule has 2 amide bonds. The fourth-order valence-corrected chi connectivity index (χ4v) is 2.74. The minimum atomic E-state index is -0.662. The van der Waals surface area contributed by atoms with Gasteiger partial charge in [0.15, 0.2) is 0 Å². The monoisotopic (exact) mass is 306 g/mol. The number of allylic oxidation sites excluding steroid dienone is 2. The Balaban J connectivity index is 1.94. The second-order valence-electron chi connectivity index (χ2n) is 5.47. The Morgan fingerprint density at radius 2 is 2.00 bits per heavy atom. The summed E-state index contributed by atoms with van der Waals surface area (Å²) in [5.74, 6) is -1.14. The van der Waals surface area contributed by atoms with Crippen molar-refractivity contribution in [2.75, 3.05) is 13.2 Å². The number of rotatable bonds is 5. The first-order chi connectivity index (χ1) is 10.5. The molecule has 0 radical (unpaired) electrons. The lowest BCUT2D eigenvalue weighted by Crippen LogP contribution is -2.51. The van der Waals surface area contributed by atoms with Crippen LogP contribution in [0.3, 0.4) is 0 Å². The smallest absolute Gasteiger partial charge is 0.328 e. The van der Waals surface area contributed by atoms with E-state index in [9.17, 15) is 14.4 Å². The lowest BCUT2D eigenvalue weighted by Gasteiger charge is -2.26. The van der Waals surface area contributed by atoms with Gasteiger partial charge in [0, 0.05) is 6.54 Å². The SMILES string of the molecule is CCOC(=O)[C@H]1CCCN1C(=O)[C@@H](C)NC(=O)C1C=CC=C1. The number of nitrogens with zero attached hydrogens (tertiary/aromatic N) is 1. The molecule has 6 heteroatoms. The fourth-order valence-electron chi connectivity index (χ4n) is 2.74. The van der Waals surface area contributed by atoms with E-state index in [2.05, 4.69) is 5.32 Å². The molecule has 1 heterocycles. The number of hydrogen-bond acceptors (Lipinski definition) is 4. The van der Waals surface area contributed by atoms with Crippen LogP contribution < -0.4 is 5.32 Å². The van der Waals surface area contributed by atoms with Crippen LogP contribution in [0.4, 0.5) is 0 Å². The lowest BCUT2D eigenvalue weighted by atomic mass is 10.1. The number of hydrogen-bond donors (Lipinski definition) is 1. The summed E-state index contributed by atoms with van der Waals surface area (Å²) < 4.78 is 5.01. The van der Waals surface area contributed by atoms with E-state index in [0.29, 0.717) is 19.6 Å². The molecule has 22 heavy (non-hydrogen) atoms. The number of likely N-dealkylation sites (tertiary alicyclic amines) is 1. The summed E-state index contributed by atoms with van der Waals surface area (Å²) in [5, 5.41) is 2.71. The van der Waals surface area contributed by atoms with Gasteiger partial charge in [-0.1, -0.05) is 24.3 Å². The van der Waals surface area contributed by atoms with Gasteiger partial charge in [-0.05, 0) is 26.7 Å². The number of carbonyl (C=O) groups excluding carboxylic acids is 3. The minimum absolute atomic E-state index is 0.210. The Morgan fingerprint density at radius 3 is 2.64 bits per heavy atom. The third kappa shape index (κ3) is 3.55. The predicted molar refractivity (Wildman–Crippen MR) is 80.7 cm³/mol. The average Bonchev–Trinajstić information content (AvgIpc) is 3.17. The van der Waals surface area contributed by atoms with Crippen LogP contribution in [-0.2, 0) is 19.1 Å². The van der Waals surface area contributed by atoms with Crippen LogP contribution in [0.25, 0.3) is 0 Å². The first-order valence-corrected chi connectivity index (χ1v) is 7.67. The highest BCUT2D eigenvalue weighted by atomic mass is 16.5. The number of amides is 2. The van der Waals surface area contributed by atoms with Crippen LogP contribution >= 0.6 is 0 Å². The van der Waals surface area contributed by atoms with Crippen molar-refractivity contribution in [3.05, 3.63) is 24.3 Å². The summed E-state index contributed by atoms with van der Waals surface area (Å²) in [4.78, 5) is 37.9. The molecular formula is C16H22N2O4. The standard InChI is InChI=1S/C16H22N2O4/c1-3-22-16(21)13-9-6-10-18(13)15(20)11(2)17-14(19)12-7-4-5-8-12/h4-5,7-8,11-13H,3,6,9-10H2,1-2H3,(H,17,19)/t11-,13-/m1/s1. The molecule has 1 aliphatic heterocycles. The third-order valence-corrected chi connectivity index (χ3v) is 3.87. The summed E-state index contributed by atoms with van der Waals surface area (Å²) in [5.41, 5.74) is 0. The maximum absolute atomic E-state index is 12.5. The van der Waals surface area contributed by atoms with E-state index in [4.69, 9.17) is 4.74 Å². The van der Waals surface area contributed by atoms with Gasteiger partial charge in [-0.2, -0.15) is 0 Å². The molecule has 2 rings (SSSR count). The molecular weight excluding hydrogens is 284 g/mol. The highest BCUT2D eigenvalue weighted by Crippen LogP contribution is 2.20. The van der Waals surface area contributed by atoms with Crippen molar-refractivity contribution in [2.24, 2.45) is 5.92 Å². The highest BCUT2D eigenvalue weighted by Gasteiger charge is 2.37. The molecule has 1 aliphatic carbocycles. The van der Waals surface area contributed by atoms with Crippen molar-refractivity contribution in [1.82, 2.24) is 10.2 Å². The molecule has 0 aromatic carbocycles. The zero-order valence-electron chi connectivity index (χ0n) is 13.0. The Bertz CT molecular complexity index is 500. The van der Waals surface area contributed by atoms with Crippen LogP contribution in [0.1, 0.15) is 26.7 Å². The van der Waals surface area contributed by atoms with E-state index in [0.717, 1.165) is 6.42 Å². The molecule has 0 aromatic rings. The van der Waals surface area contributed by atoms with Crippen molar-refractivity contribution in [3.63, 3.8) is 0 Å². The van der Waals surface area contributed by atoms with Gasteiger partial charge in [-0.3, -0.25) is 9.59 Å². The topological polar surface area (TPSA) is 75.7 Å². The van der Waals surface area contributed by atoms with Crippen molar-refractivity contribution < 1.29 is 19.1 Å². The molecule has 1 saturated heterocycles. The lowest BCUT2D eigenvalue weighted by molar-refractivity contribution is -0.153. The van der Waals surface area contributed by atoms with Gasteiger partial charge in [-0.25, -0.2) is 4.79 Å². The van der Waals surface area contributed by atoms with E-state index in [1.165, 1.54) is 4.90 Å². The first kappa shape index (κ1) is 16.3. The van der Waals surface area contributed by atoms with E-state index in [-0.39, 0.29) is 23.7 Å². The number of nitrogens with one attached hydrogen (secondary N) is 1. The van der Waals surface area contributed by atoms with E-state index >= 15 is 0 Å². The summed E-state index contributed by atoms with van der Waals surface area (Å²) in [6, 6.07) is -1.19. The summed E-state index contributed by atoms with van der Waals surface area (Å²) in [7, 11) is 0. The molecule has 2 aliphatic rings. The number of carbonyl (C=O) groups is 3. The molecule has 0 saturated carbocycles. The Morgan fingerprint density at radius 1 is 1.32 bits per heavy atom. The molecule has 0 aromatic heterocycles.